The lowest BCUT2D eigenvalue weighted by atomic mass is 9.89. The fourth-order valence-electron chi connectivity index (χ4n) is 4.14. The topological polar surface area (TPSA) is 90.3 Å². The van der Waals surface area contributed by atoms with Gasteiger partial charge >= 0.3 is 0 Å². The molecule has 0 bridgehead atoms. The Morgan fingerprint density at radius 2 is 2.06 bits per heavy atom. The molecule has 5 rings (SSSR count). The van der Waals surface area contributed by atoms with E-state index in [-0.39, 0.29) is 18.0 Å². The molecule has 0 radical (unpaired) electrons. The maximum atomic E-state index is 13.7. The zero-order chi connectivity index (χ0) is 22.9. The standard InChI is InChI=1S/C24H25N3O4S2/c1-14-7-8-18-19(11-14)33-22-20(18)23(29)27(13-17-6-4-10-31-17)24(26-22)32-15(2)21(28)25-12-16-5-3-9-30-16/h3-6,9-10,14-15H,7-8,11-13H2,1-2H3,(H,25,28). The van der Waals surface area contributed by atoms with Gasteiger partial charge in [-0.1, -0.05) is 18.7 Å². The van der Waals surface area contributed by atoms with Crippen molar-refractivity contribution in [3.05, 3.63) is 69.1 Å². The molecule has 1 N–H and O–H groups in total. The number of hydrogen-bond acceptors (Lipinski definition) is 7. The lowest BCUT2D eigenvalue weighted by molar-refractivity contribution is -0.120. The van der Waals surface area contributed by atoms with E-state index in [4.69, 9.17) is 13.8 Å². The number of hydrogen-bond donors (Lipinski definition) is 1. The average Bonchev–Trinajstić information content (AvgIpc) is 3.55. The van der Waals surface area contributed by atoms with Crippen molar-refractivity contribution in [1.82, 2.24) is 14.9 Å². The third-order valence-electron chi connectivity index (χ3n) is 5.94. The summed E-state index contributed by atoms with van der Waals surface area (Å²) in [7, 11) is 0. The molecule has 172 valence electrons. The first kappa shape index (κ1) is 22.0. The maximum absolute atomic E-state index is 13.7. The smallest absolute Gasteiger partial charge is 0.263 e. The number of carbonyl (C=O) groups excluding carboxylic acids is 1. The highest BCUT2D eigenvalue weighted by molar-refractivity contribution is 8.00. The van der Waals surface area contributed by atoms with Crippen LogP contribution in [-0.2, 0) is 30.7 Å². The number of carbonyl (C=O) groups is 1. The molecule has 4 aromatic rings. The molecule has 1 amide bonds. The number of nitrogens with one attached hydrogen (secondary N) is 1. The molecule has 0 aliphatic heterocycles. The van der Waals surface area contributed by atoms with E-state index in [0.29, 0.717) is 29.1 Å². The first-order chi connectivity index (χ1) is 16.0. The van der Waals surface area contributed by atoms with Crippen molar-refractivity contribution in [2.75, 3.05) is 0 Å². The number of thiophene rings is 1. The number of thioether (sulfide) groups is 1. The van der Waals surface area contributed by atoms with Crippen molar-refractivity contribution in [2.45, 2.75) is 56.6 Å². The van der Waals surface area contributed by atoms with E-state index >= 15 is 0 Å². The molecule has 2 atom stereocenters. The summed E-state index contributed by atoms with van der Waals surface area (Å²) in [4.78, 5) is 33.3. The molecule has 33 heavy (non-hydrogen) atoms. The van der Waals surface area contributed by atoms with Crippen molar-refractivity contribution in [1.29, 1.82) is 0 Å². The molecule has 0 spiro atoms. The van der Waals surface area contributed by atoms with E-state index in [1.54, 1.807) is 40.6 Å². The monoisotopic (exact) mass is 483 g/mol. The average molecular weight is 484 g/mol. The molecule has 1 aliphatic rings. The molecule has 7 nitrogen and oxygen atoms in total. The van der Waals surface area contributed by atoms with E-state index in [1.807, 2.05) is 19.1 Å². The van der Waals surface area contributed by atoms with E-state index in [1.165, 1.54) is 16.6 Å². The van der Waals surface area contributed by atoms with Crippen LogP contribution in [0.4, 0.5) is 0 Å². The van der Waals surface area contributed by atoms with E-state index < -0.39 is 5.25 Å². The van der Waals surface area contributed by atoms with Gasteiger partial charge in [-0.05, 0) is 61.9 Å². The summed E-state index contributed by atoms with van der Waals surface area (Å²) < 4.78 is 12.4. The molecule has 0 aromatic carbocycles. The second-order valence-electron chi connectivity index (χ2n) is 8.45. The first-order valence-electron chi connectivity index (χ1n) is 11.0. The minimum Gasteiger partial charge on any atom is -0.467 e. The highest BCUT2D eigenvalue weighted by Crippen LogP contribution is 2.37. The van der Waals surface area contributed by atoms with Crippen LogP contribution in [0.5, 0.6) is 0 Å². The van der Waals surface area contributed by atoms with Crippen molar-refractivity contribution in [3.63, 3.8) is 0 Å². The Kier molecular flexibility index (Phi) is 6.16. The Morgan fingerprint density at radius 1 is 1.30 bits per heavy atom. The van der Waals surface area contributed by atoms with Gasteiger partial charge in [-0.15, -0.1) is 11.3 Å². The SMILES string of the molecule is CC1CCc2c(sc3nc(SC(C)C(=O)NCc4ccco4)n(Cc4ccco4)c(=O)c23)C1. The summed E-state index contributed by atoms with van der Waals surface area (Å²) in [5.41, 5.74) is 1.09. The van der Waals surface area contributed by atoms with Gasteiger partial charge < -0.3 is 14.2 Å². The highest BCUT2D eigenvalue weighted by Gasteiger charge is 2.26. The molecule has 1 aliphatic carbocycles. The van der Waals surface area contributed by atoms with E-state index in [0.717, 1.165) is 35.0 Å². The van der Waals surface area contributed by atoms with E-state index in [2.05, 4.69) is 12.2 Å². The van der Waals surface area contributed by atoms with Gasteiger partial charge in [0.25, 0.3) is 5.56 Å². The number of amides is 1. The van der Waals surface area contributed by atoms with Gasteiger partial charge in [0.1, 0.15) is 16.4 Å². The highest BCUT2D eigenvalue weighted by atomic mass is 32.2. The van der Waals surface area contributed by atoms with E-state index in [9.17, 15) is 9.59 Å². The molecule has 4 heterocycles. The van der Waals surface area contributed by atoms with Gasteiger partial charge in [-0.2, -0.15) is 0 Å². The van der Waals surface area contributed by atoms with Crippen LogP contribution in [0, 0.1) is 5.92 Å². The molecular weight excluding hydrogens is 458 g/mol. The molecule has 9 heteroatoms. The predicted molar refractivity (Wildman–Crippen MR) is 129 cm³/mol. The second-order valence-corrected chi connectivity index (χ2v) is 10.8. The molecule has 0 fully saturated rings. The Balaban J connectivity index is 1.48. The zero-order valence-corrected chi connectivity index (χ0v) is 20.1. The number of aromatic nitrogens is 2. The minimum absolute atomic E-state index is 0.0610. The van der Waals surface area contributed by atoms with Gasteiger partial charge in [-0.3, -0.25) is 14.2 Å². The van der Waals surface area contributed by atoms with Gasteiger partial charge in [0, 0.05) is 4.88 Å². The van der Waals surface area contributed by atoms with Crippen LogP contribution in [0.2, 0.25) is 0 Å². The number of aryl methyl sites for hydroxylation is 1. The molecule has 0 saturated carbocycles. The van der Waals surface area contributed by atoms with Crippen LogP contribution in [0.1, 0.15) is 42.2 Å². The van der Waals surface area contributed by atoms with Crippen molar-refractivity contribution < 1.29 is 13.6 Å². The first-order valence-corrected chi connectivity index (χ1v) is 12.7. The fraction of sp³-hybridized carbons (Fsp3) is 0.375. The zero-order valence-electron chi connectivity index (χ0n) is 18.5. The van der Waals surface area contributed by atoms with Crippen LogP contribution < -0.4 is 10.9 Å². The molecule has 2 unspecified atom stereocenters. The maximum Gasteiger partial charge on any atom is 0.263 e. The lowest BCUT2D eigenvalue weighted by Gasteiger charge is -2.18. The number of furan rings is 2. The van der Waals surface area contributed by atoms with Crippen molar-refractivity contribution >= 4 is 39.2 Å². The Bertz CT molecular complexity index is 1320. The molecular formula is C24H25N3O4S2. The van der Waals surface area contributed by atoms with Crippen molar-refractivity contribution in [3.8, 4) is 0 Å². The Labute approximate surface area is 199 Å². The van der Waals surface area contributed by atoms with Gasteiger partial charge in [0.15, 0.2) is 5.16 Å². The summed E-state index contributed by atoms with van der Waals surface area (Å²) in [5.74, 6) is 1.83. The van der Waals surface area contributed by atoms with Gasteiger partial charge in [-0.25, -0.2) is 4.98 Å². The number of fused-ring (bicyclic) bond motifs is 3. The minimum atomic E-state index is -0.443. The number of rotatable bonds is 7. The summed E-state index contributed by atoms with van der Waals surface area (Å²) >= 11 is 2.91. The van der Waals surface area contributed by atoms with Crippen LogP contribution in [-0.4, -0.2) is 20.7 Å². The summed E-state index contributed by atoms with van der Waals surface area (Å²) in [6.07, 6.45) is 6.15. The van der Waals surface area contributed by atoms with Gasteiger partial charge in [0.2, 0.25) is 5.91 Å². The molecule has 0 saturated heterocycles. The van der Waals surface area contributed by atoms with Gasteiger partial charge in [0.05, 0.1) is 36.3 Å². The third-order valence-corrected chi connectivity index (χ3v) is 8.18. The number of nitrogens with zero attached hydrogens (tertiary/aromatic N) is 2. The van der Waals surface area contributed by atoms with Crippen LogP contribution in [0.15, 0.2) is 55.6 Å². The third kappa shape index (κ3) is 4.52. The van der Waals surface area contributed by atoms with Crippen molar-refractivity contribution in [2.24, 2.45) is 5.92 Å². The van der Waals surface area contributed by atoms with Crippen LogP contribution >= 0.6 is 23.1 Å². The Hall–Kier alpha value is -2.78. The van der Waals surface area contributed by atoms with Crippen LogP contribution in [0.3, 0.4) is 0 Å². The molecule has 4 aromatic heterocycles. The summed E-state index contributed by atoms with van der Waals surface area (Å²) in [5, 5.41) is 3.69. The quantitative estimate of drug-likeness (QED) is 0.305. The fourth-order valence-corrected chi connectivity index (χ4v) is 6.49. The normalized spacial score (nSPS) is 16.6. The Morgan fingerprint density at radius 3 is 2.79 bits per heavy atom. The predicted octanol–water partition coefficient (Wildman–Crippen LogP) is 4.61. The van der Waals surface area contributed by atoms with Crippen LogP contribution in [0.25, 0.3) is 10.2 Å². The lowest BCUT2D eigenvalue weighted by Crippen LogP contribution is -2.31. The second kappa shape index (κ2) is 9.23. The largest absolute Gasteiger partial charge is 0.467 e. The summed E-state index contributed by atoms with van der Waals surface area (Å²) in [6.45, 7) is 4.66. The summed E-state index contributed by atoms with van der Waals surface area (Å²) in [6, 6.07) is 7.24.